The molecule has 0 aromatic carbocycles. The zero-order chi connectivity index (χ0) is 12.1. The summed E-state index contributed by atoms with van der Waals surface area (Å²) in [6.07, 6.45) is 1.33. The summed E-state index contributed by atoms with van der Waals surface area (Å²) in [5.41, 5.74) is 15.6. The third-order valence-electron chi connectivity index (χ3n) is 2.26. The number of nitrogens with one attached hydrogen (secondary N) is 2. The molecule has 0 saturated heterocycles. The molecule has 1 saturated carbocycles. The number of primary amides is 2. The number of amides is 4. The van der Waals surface area contributed by atoms with Crippen molar-refractivity contribution in [1.82, 2.24) is 10.9 Å². The van der Waals surface area contributed by atoms with Crippen LogP contribution in [0.2, 0.25) is 0 Å². The van der Waals surface area contributed by atoms with Crippen LogP contribution in [0.1, 0.15) is 19.8 Å². The van der Waals surface area contributed by atoms with E-state index in [0.717, 1.165) is 11.4 Å². The number of hydrazone groups is 2. The van der Waals surface area contributed by atoms with Crippen molar-refractivity contribution in [3.8, 4) is 0 Å². The van der Waals surface area contributed by atoms with Gasteiger partial charge < -0.3 is 11.5 Å². The number of carbonyl (C=O) groups is 2. The van der Waals surface area contributed by atoms with Crippen molar-refractivity contribution < 1.29 is 9.59 Å². The molecule has 0 aromatic rings. The molecule has 8 heteroatoms. The smallest absolute Gasteiger partial charge is 0.332 e. The minimum Gasteiger partial charge on any atom is -0.350 e. The molecule has 1 unspecified atom stereocenters. The Kier molecular flexibility index (Phi) is 3.81. The number of rotatable bonds is 2. The summed E-state index contributed by atoms with van der Waals surface area (Å²) in [4.78, 5) is 20.9. The normalized spacial score (nSPS) is 24.7. The van der Waals surface area contributed by atoms with Crippen molar-refractivity contribution in [3.05, 3.63) is 0 Å². The second-order valence-electron chi connectivity index (χ2n) is 3.38. The molecule has 0 heterocycles. The Bertz CT molecular complexity index is 328. The molecule has 1 aliphatic rings. The first-order valence-electron chi connectivity index (χ1n) is 4.74. The molecule has 0 aromatic heterocycles. The maximum atomic E-state index is 10.5. The molecule has 0 aliphatic heterocycles. The van der Waals surface area contributed by atoms with Crippen LogP contribution in [0, 0.1) is 5.92 Å². The summed E-state index contributed by atoms with van der Waals surface area (Å²) in [6.45, 7) is 1.87. The van der Waals surface area contributed by atoms with Crippen LogP contribution in [-0.4, -0.2) is 23.5 Å². The largest absolute Gasteiger partial charge is 0.350 e. The molecule has 0 radical (unpaired) electrons. The van der Waals surface area contributed by atoms with Gasteiger partial charge in [-0.1, -0.05) is 6.92 Å². The lowest BCUT2D eigenvalue weighted by Gasteiger charge is -2.05. The van der Waals surface area contributed by atoms with Crippen LogP contribution in [0.5, 0.6) is 0 Å². The Morgan fingerprint density at radius 3 is 1.81 bits per heavy atom. The summed E-state index contributed by atoms with van der Waals surface area (Å²) in [6, 6.07) is -1.42. The van der Waals surface area contributed by atoms with Gasteiger partial charge in [0.15, 0.2) is 0 Å². The Hall–Kier alpha value is -2.12. The Morgan fingerprint density at radius 2 is 1.50 bits per heavy atom. The van der Waals surface area contributed by atoms with Crippen LogP contribution in [-0.2, 0) is 0 Å². The second-order valence-corrected chi connectivity index (χ2v) is 3.38. The zero-order valence-corrected chi connectivity index (χ0v) is 8.86. The Morgan fingerprint density at radius 1 is 1.12 bits per heavy atom. The molecular weight excluding hydrogens is 212 g/mol. The second kappa shape index (κ2) is 5.10. The first kappa shape index (κ1) is 12.0. The lowest BCUT2D eigenvalue weighted by Crippen LogP contribution is -2.28. The highest BCUT2D eigenvalue weighted by Gasteiger charge is 2.25. The molecule has 88 valence electrons. The quantitative estimate of drug-likeness (QED) is 0.470. The first-order chi connectivity index (χ1) is 7.50. The van der Waals surface area contributed by atoms with Crippen molar-refractivity contribution in [2.75, 3.05) is 0 Å². The van der Waals surface area contributed by atoms with E-state index in [1.54, 1.807) is 0 Å². The predicted octanol–water partition coefficient (Wildman–Crippen LogP) is -0.535. The third-order valence-corrected chi connectivity index (χ3v) is 2.26. The average Bonchev–Trinajstić information content (AvgIpc) is 2.53. The molecule has 4 amide bonds. The summed E-state index contributed by atoms with van der Waals surface area (Å²) >= 11 is 0. The number of nitrogens with zero attached hydrogens (tertiary/aromatic N) is 2. The number of nitrogens with two attached hydrogens (primary N) is 2. The fourth-order valence-electron chi connectivity index (χ4n) is 1.44. The van der Waals surface area contributed by atoms with Crippen LogP contribution in [0.4, 0.5) is 9.59 Å². The van der Waals surface area contributed by atoms with Crippen LogP contribution < -0.4 is 22.3 Å². The molecule has 1 atom stereocenters. The van der Waals surface area contributed by atoms with E-state index >= 15 is 0 Å². The van der Waals surface area contributed by atoms with Gasteiger partial charge in [0.1, 0.15) is 0 Å². The highest BCUT2D eigenvalue weighted by atomic mass is 16.2. The molecule has 6 N–H and O–H groups in total. The summed E-state index contributed by atoms with van der Waals surface area (Å²) in [5, 5.41) is 7.70. The first-order valence-corrected chi connectivity index (χ1v) is 4.74. The molecule has 16 heavy (non-hydrogen) atoms. The maximum Gasteiger partial charge on any atom is 0.332 e. The number of carbonyl (C=O) groups excluding carboxylic acids is 2. The van der Waals surface area contributed by atoms with E-state index in [4.69, 9.17) is 11.5 Å². The molecule has 8 nitrogen and oxygen atoms in total. The van der Waals surface area contributed by atoms with E-state index in [2.05, 4.69) is 21.1 Å². The van der Waals surface area contributed by atoms with Gasteiger partial charge in [-0.2, -0.15) is 10.2 Å². The van der Waals surface area contributed by atoms with Gasteiger partial charge in [0, 0.05) is 17.3 Å². The van der Waals surface area contributed by atoms with Gasteiger partial charge >= 0.3 is 12.1 Å². The van der Waals surface area contributed by atoms with E-state index in [9.17, 15) is 9.59 Å². The van der Waals surface area contributed by atoms with Crippen molar-refractivity contribution in [2.45, 2.75) is 19.8 Å². The predicted molar refractivity (Wildman–Crippen MR) is 58.7 cm³/mol. The minimum atomic E-state index is -0.708. The third kappa shape index (κ3) is 3.23. The van der Waals surface area contributed by atoms with Crippen molar-refractivity contribution in [2.24, 2.45) is 27.6 Å². The average molecular weight is 226 g/mol. The molecular formula is C8H14N6O2. The molecule has 0 bridgehead atoms. The highest BCUT2D eigenvalue weighted by Crippen LogP contribution is 2.19. The van der Waals surface area contributed by atoms with E-state index in [1.807, 2.05) is 6.92 Å². The SMILES string of the molecule is CC1/C(=N\NC(N)=O)CC/C1=N\NC(N)=O. The topological polar surface area (TPSA) is 135 Å². The minimum absolute atomic E-state index is 0.0429. The lowest BCUT2D eigenvalue weighted by atomic mass is 10.1. The zero-order valence-electron chi connectivity index (χ0n) is 8.86. The van der Waals surface area contributed by atoms with E-state index < -0.39 is 12.1 Å². The summed E-state index contributed by atoms with van der Waals surface area (Å²) in [7, 11) is 0. The van der Waals surface area contributed by atoms with Crippen LogP contribution >= 0.6 is 0 Å². The molecule has 1 rings (SSSR count). The van der Waals surface area contributed by atoms with Gasteiger partial charge in [-0.3, -0.25) is 0 Å². The van der Waals surface area contributed by atoms with Gasteiger partial charge in [0.05, 0.1) is 0 Å². The lowest BCUT2D eigenvalue weighted by molar-refractivity contribution is 0.248. The van der Waals surface area contributed by atoms with E-state index in [-0.39, 0.29) is 5.92 Å². The Labute approximate surface area is 92.1 Å². The molecule has 1 aliphatic carbocycles. The van der Waals surface area contributed by atoms with E-state index in [1.165, 1.54) is 0 Å². The monoisotopic (exact) mass is 226 g/mol. The van der Waals surface area contributed by atoms with Crippen molar-refractivity contribution in [1.29, 1.82) is 0 Å². The van der Waals surface area contributed by atoms with Crippen LogP contribution in [0.3, 0.4) is 0 Å². The number of urea groups is 2. The van der Waals surface area contributed by atoms with Crippen molar-refractivity contribution >= 4 is 23.5 Å². The maximum absolute atomic E-state index is 10.5. The highest BCUT2D eigenvalue weighted by molar-refractivity contribution is 6.13. The van der Waals surface area contributed by atoms with Gasteiger partial charge in [-0.25, -0.2) is 20.4 Å². The van der Waals surface area contributed by atoms with Crippen LogP contribution in [0.25, 0.3) is 0 Å². The fraction of sp³-hybridized carbons (Fsp3) is 0.500. The molecule has 0 spiro atoms. The summed E-state index contributed by atoms with van der Waals surface area (Å²) in [5.74, 6) is -0.0429. The van der Waals surface area contributed by atoms with Gasteiger partial charge in [0.25, 0.3) is 0 Å². The summed E-state index contributed by atoms with van der Waals surface area (Å²) < 4.78 is 0. The standard InChI is InChI=1S/C8H14N6O2/c1-4-5(11-13-7(9)15)2-3-6(4)12-14-8(10)16/h4H,2-3H2,1H3,(H3,9,13,15)(H3,10,14,16)/b11-5-,12-6+. The van der Waals surface area contributed by atoms with Gasteiger partial charge in [-0.05, 0) is 12.8 Å². The van der Waals surface area contributed by atoms with Crippen molar-refractivity contribution in [3.63, 3.8) is 0 Å². The number of hydrogen-bond acceptors (Lipinski definition) is 4. The molecule has 1 fully saturated rings. The van der Waals surface area contributed by atoms with Gasteiger partial charge in [0.2, 0.25) is 0 Å². The van der Waals surface area contributed by atoms with E-state index in [0.29, 0.717) is 12.8 Å². The fourth-order valence-corrected chi connectivity index (χ4v) is 1.44. The Balaban J connectivity index is 2.63. The van der Waals surface area contributed by atoms with Gasteiger partial charge in [-0.15, -0.1) is 0 Å². The van der Waals surface area contributed by atoms with Crippen LogP contribution in [0.15, 0.2) is 10.2 Å². The number of hydrogen-bond donors (Lipinski definition) is 4.